The summed E-state index contributed by atoms with van der Waals surface area (Å²) in [6, 6.07) is 10.8. The van der Waals surface area contributed by atoms with Gasteiger partial charge in [0.2, 0.25) is 0 Å². The van der Waals surface area contributed by atoms with Crippen molar-refractivity contribution >= 4 is 10.9 Å². The van der Waals surface area contributed by atoms with Gasteiger partial charge < -0.3 is 13.6 Å². The van der Waals surface area contributed by atoms with Crippen molar-refractivity contribution in [2.45, 2.75) is 26.4 Å². The maximum Gasteiger partial charge on any atom is 0.191 e. The minimum Gasteiger partial charge on any atom is -0.449 e. The summed E-state index contributed by atoms with van der Waals surface area (Å²) in [7, 11) is 0. The molecule has 0 spiro atoms. The van der Waals surface area contributed by atoms with Gasteiger partial charge in [-0.3, -0.25) is 0 Å². The number of nitrogens with zero attached hydrogens (tertiary/aromatic N) is 4. The minimum atomic E-state index is 0.250. The first-order valence-corrected chi connectivity index (χ1v) is 7.71. The first kappa shape index (κ1) is 13.8. The summed E-state index contributed by atoms with van der Waals surface area (Å²) in [6.07, 6.45) is 7.60. The van der Waals surface area contributed by atoms with Gasteiger partial charge >= 0.3 is 0 Å². The molecule has 23 heavy (non-hydrogen) atoms. The van der Waals surface area contributed by atoms with E-state index in [1.54, 1.807) is 6.26 Å². The number of oxazole rings is 1. The largest absolute Gasteiger partial charge is 0.449 e. The lowest BCUT2D eigenvalue weighted by atomic mass is 10.2. The summed E-state index contributed by atoms with van der Waals surface area (Å²) in [6.45, 7) is 4.90. The first-order valence-electron chi connectivity index (χ1n) is 7.71. The molecule has 0 aliphatic heterocycles. The quantitative estimate of drug-likeness (QED) is 0.571. The maximum atomic E-state index is 5.32. The van der Waals surface area contributed by atoms with Gasteiger partial charge in [0.25, 0.3) is 0 Å². The Morgan fingerprint density at radius 3 is 2.87 bits per heavy atom. The zero-order chi connectivity index (χ0) is 15.8. The van der Waals surface area contributed by atoms with Crippen molar-refractivity contribution in [2.24, 2.45) is 0 Å². The molecule has 0 saturated heterocycles. The molecule has 5 heteroatoms. The monoisotopic (exact) mass is 306 g/mol. The first-order chi connectivity index (χ1) is 11.2. The number of rotatable bonds is 4. The molecule has 1 aromatic carbocycles. The molecule has 0 fully saturated rings. The van der Waals surface area contributed by atoms with Crippen LogP contribution >= 0.6 is 0 Å². The van der Waals surface area contributed by atoms with Crippen LogP contribution in [0.3, 0.4) is 0 Å². The maximum absolute atomic E-state index is 5.32. The fourth-order valence-corrected chi connectivity index (χ4v) is 3.01. The van der Waals surface area contributed by atoms with Crippen molar-refractivity contribution in [3.05, 3.63) is 61.1 Å². The van der Waals surface area contributed by atoms with Crippen LogP contribution in [-0.2, 0) is 6.54 Å². The predicted octanol–water partition coefficient (Wildman–Crippen LogP) is 4.06. The third kappa shape index (κ3) is 2.44. The van der Waals surface area contributed by atoms with Gasteiger partial charge in [-0.25, -0.2) is 9.97 Å². The molecule has 4 aromatic rings. The van der Waals surface area contributed by atoms with E-state index in [9.17, 15) is 0 Å². The summed E-state index contributed by atoms with van der Waals surface area (Å²) in [5.41, 5.74) is 2.02. The van der Waals surface area contributed by atoms with Crippen LogP contribution in [0.5, 0.6) is 0 Å². The average molecular weight is 306 g/mol. The van der Waals surface area contributed by atoms with E-state index in [-0.39, 0.29) is 6.04 Å². The van der Waals surface area contributed by atoms with Crippen LogP contribution in [0.1, 0.15) is 18.9 Å². The van der Waals surface area contributed by atoms with Crippen LogP contribution in [0.15, 0.2) is 59.6 Å². The van der Waals surface area contributed by atoms with E-state index in [2.05, 4.69) is 62.6 Å². The van der Waals surface area contributed by atoms with Crippen molar-refractivity contribution in [2.75, 3.05) is 0 Å². The number of aryl methyl sites for hydroxylation is 1. The van der Waals surface area contributed by atoms with Crippen molar-refractivity contribution in [3.63, 3.8) is 0 Å². The number of benzene rings is 1. The highest BCUT2D eigenvalue weighted by molar-refractivity contribution is 5.79. The Morgan fingerprint density at radius 2 is 2.04 bits per heavy atom. The van der Waals surface area contributed by atoms with Gasteiger partial charge in [0.1, 0.15) is 12.0 Å². The SMILES string of the molecule is Cc1nc(-c2nccn2[C@H](C)Cn2ccc3ccccc32)co1. The predicted molar refractivity (Wildman–Crippen MR) is 89.1 cm³/mol. The summed E-state index contributed by atoms with van der Waals surface area (Å²) < 4.78 is 9.74. The summed E-state index contributed by atoms with van der Waals surface area (Å²) in [5.74, 6) is 1.49. The molecule has 0 aliphatic carbocycles. The van der Waals surface area contributed by atoms with Gasteiger partial charge in [-0.15, -0.1) is 0 Å². The highest BCUT2D eigenvalue weighted by atomic mass is 16.3. The molecule has 3 heterocycles. The molecule has 0 aliphatic rings. The van der Waals surface area contributed by atoms with E-state index in [1.165, 1.54) is 10.9 Å². The fourth-order valence-electron chi connectivity index (χ4n) is 3.01. The van der Waals surface area contributed by atoms with Crippen LogP contribution in [0, 0.1) is 6.92 Å². The lowest BCUT2D eigenvalue weighted by Gasteiger charge is -2.17. The van der Waals surface area contributed by atoms with Crippen LogP contribution in [0.4, 0.5) is 0 Å². The zero-order valence-corrected chi connectivity index (χ0v) is 13.2. The molecular formula is C18H18N4O. The smallest absolute Gasteiger partial charge is 0.191 e. The minimum absolute atomic E-state index is 0.250. The summed E-state index contributed by atoms with van der Waals surface area (Å²) >= 11 is 0. The molecule has 1 atom stereocenters. The molecular weight excluding hydrogens is 288 g/mol. The average Bonchev–Trinajstić information content (AvgIpc) is 3.26. The number of imidazole rings is 1. The standard InChI is InChI=1S/C18H18N4O/c1-13(11-21-9-7-15-5-3-4-6-17(15)21)22-10-8-19-18(22)16-12-23-14(2)20-16/h3-10,12-13H,11H2,1-2H3/t13-/m1/s1. The van der Waals surface area contributed by atoms with E-state index in [0.717, 1.165) is 18.1 Å². The summed E-state index contributed by atoms with van der Waals surface area (Å²) in [5, 5.41) is 1.26. The fraction of sp³-hybridized carbons (Fsp3) is 0.222. The van der Waals surface area contributed by atoms with Crippen molar-refractivity contribution in [3.8, 4) is 11.5 Å². The second kappa shape index (κ2) is 5.43. The second-order valence-electron chi connectivity index (χ2n) is 5.79. The number of fused-ring (bicyclic) bond motifs is 1. The van der Waals surface area contributed by atoms with Gasteiger partial charge in [0.05, 0.1) is 6.04 Å². The zero-order valence-electron chi connectivity index (χ0n) is 13.2. The van der Waals surface area contributed by atoms with E-state index < -0.39 is 0 Å². The van der Waals surface area contributed by atoms with E-state index in [4.69, 9.17) is 4.42 Å². The third-order valence-electron chi connectivity index (χ3n) is 4.13. The topological polar surface area (TPSA) is 48.8 Å². The van der Waals surface area contributed by atoms with Crippen LogP contribution < -0.4 is 0 Å². The highest BCUT2D eigenvalue weighted by Crippen LogP contribution is 2.23. The van der Waals surface area contributed by atoms with Gasteiger partial charge in [-0.2, -0.15) is 0 Å². The van der Waals surface area contributed by atoms with Crippen LogP contribution in [0.2, 0.25) is 0 Å². The Labute approximate surface area is 134 Å². The number of hydrogen-bond acceptors (Lipinski definition) is 3. The highest BCUT2D eigenvalue weighted by Gasteiger charge is 2.15. The molecule has 0 N–H and O–H groups in total. The lowest BCUT2D eigenvalue weighted by Crippen LogP contribution is -2.13. The normalized spacial score (nSPS) is 12.8. The number of para-hydroxylation sites is 1. The Balaban J connectivity index is 1.65. The van der Waals surface area contributed by atoms with E-state index in [1.807, 2.05) is 19.3 Å². The van der Waals surface area contributed by atoms with E-state index in [0.29, 0.717) is 5.89 Å². The molecule has 0 bridgehead atoms. The lowest BCUT2D eigenvalue weighted by molar-refractivity contribution is 0.475. The Kier molecular flexibility index (Phi) is 3.26. The number of aromatic nitrogens is 4. The molecule has 0 amide bonds. The molecule has 0 radical (unpaired) electrons. The number of hydrogen-bond donors (Lipinski definition) is 0. The van der Waals surface area contributed by atoms with Crippen molar-refractivity contribution in [1.82, 2.24) is 19.1 Å². The molecule has 5 nitrogen and oxygen atoms in total. The Bertz CT molecular complexity index is 947. The van der Waals surface area contributed by atoms with Gasteiger partial charge in [-0.05, 0) is 24.4 Å². The summed E-state index contributed by atoms with van der Waals surface area (Å²) in [4.78, 5) is 8.83. The van der Waals surface area contributed by atoms with Crippen LogP contribution in [0.25, 0.3) is 22.4 Å². The third-order valence-corrected chi connectivity index (χ3v) is 4.13. The van der Waals surface area contributed by atoms with Gasteiger partial charge in [0, 0.05) is 37.6 Å². The van der Waals surface area contributed by atoms with Gasteiger partial charge in [0.15, 0.2) is 11.7 Å². The second-order valence-corrected chi connectivity index (χ2v) is 5.79. The van der Waals surface area contributed by atoms with Crippen LogP contribution in [-0.4, -0.2) is 19.1 Å². The molecule has 0 unspecified atom stereocenters. The van der Waals surface area contributed by atoms with Crippen molar-refractivity contribution in [1.29, 1.82) is 0 Å². The Morgan fingerprint density at radius 1 is 1.17 bits per heavy atom. The molecule has 4 rings (SSSR count). The molecule has 0 saturated carbocycles. The molecule has 3 aromatic heterocycles. The van der Waals surface area contributed by atoms with Crippen molar-refractivity contribution < 1.29 is 4.42 Å². The van der Waals surface area contributed by atoms with Gasteiger partial charge in [-0.1, -0.05) is 18.2 Å². The Hall–Kier alpha value is -2.82. The molecule has 116 valence electrons. The van der Waals surface area contributed by atoms with E-state index >= 15 is 0 Å².